The number of hydrogen-bond acceptors (Lipinski definition) is 6. The van der Waals surface area contributed by atoms with Gasteiger partial charge in [0.15, 0.2) is 6.10 Å². The van der Waals surface area contributed by atoms with E-state index in [1.54, 1.807) is 0 Å². The summed E-state index contributed by atoms with van der Waals surface area (Å²) < 4.78 is 16.9. The molecule has 1 unspecified atom stereocenters. The van der Waals surface area contributed by atoms with Crippen LogP contribution in [0.1, 0.15) is 355 Å². The molecule has 0 heterocycles. The molecule has 0 aliphatic rings. The zero-order valence-electron chi connectivity index (χ0n) is 48.0. The fourth-order valence-corrected chi connectivity index (χ4v) is 9.60. The third kappa shape index (κ3) is 58.7. The highest BCUT2D eigenvalue weighted by atomic mass is 16.6. The van der Waals surface area contributed by atoms with Gasteiger partial charge in [-0.2, -0.15) is 0 Å². The van der Waals surface area contributed by atoms with Crippen molar-refractivity contribution in [2.75, 3.05) is 13.2 Å². The minimum absolute atomic E-state index is 0.0727. The highest BCUT2D eigenvalue weighted by Crippen LogP contribution is 2.18. The van der Waals surface area contributed by atoms with Gasteiger partial charge >= 0.3 is 17.9 Å². The fourth-order valence-electron chi connectivity index (χ4n) is 9.60. The minimum atomic E-state index is -0.775. The van der Waals surface area contributed by atoms with Gasteiger partial charge in [-0.05, 0) is 64.2 Å². The monoisotopic (exact) mass is 999 g/mol. The number of hydrogen-bond donors (Lipinski definition) is 0. The molecule has 0 amide bonds. The van der Waals surface area contributed by atoms with Crippen LogP contribution >= 0.6 is 0 Å². The first-order chi connectivity index (χ1) is 35.0. The zero-order chi connectivity index (χ0) is 51.4. The average molecular weight is 1000 g/mol. The van der Waals surface area contributed by atoms with Crippen LogP contribution in [0, 0.1) is 0 Å². The second-order valence-electron chi connectivity index (χ2n) is 21.7. The van der Waals surface area contributed by atoms with E-state index in [1.807, 2.05) is 0 Å². The van der Waals surface area contributed by atoms with E-state index in [0.29, 0.717) is 19.3 Å². The topological polar surface area (TPSA) is 78.9 Å². The van der Waals surface area contributed by atoms with Gasteiger partial charge < -0.3 is 14.2 Å². The molecule has 6 nitrogen and oxygen atoms in total. The van der Waals surface area contributed by atoms with Gasteiger partial charge in [-0.3, -0.25) is 14.4 Å². The molecule has 0 aromatic rings. The highest BCUT2D eigenvalue weighted by Gasteiger charge is 2.19. The van der Waals surface area contributed by atoms with Gasteiger partial charge in [0, 0.05) is 19.3 Å². The lowest BCUT2D eigenvalue weighted by molar-refractivity contribution is -0.167. The maximum absolute atomic E-state index is 12.9. The summed E-state index contributed by atoms with van der Waals surface area (Å²) in [6.07, 6.45) is 72.0. The first kappa shape index (κ1) is 68.9. The van der Waals surface area contributed by atoms with Crippen molar-refractivity contribution in [3.63, 3.8) is 0 Å². The maximum atomic E-state index is 12.9. The summed E-state index contributed by atoms with van der Waals surface area (Å²) in [5, 5.41) is 0. The quantitative estimate of drug-likeness (QED) is 0.0261. The van der Waals surface area contributed by atoms with Gasteiger partial charge in [-0.15, -0.1) is 0 Å². The standard InChI is InChI=1S/C65H122O6/c1-4-7-10-13-16-19-22-24-26-28-29-30-31-32-33-34-35-36-37-39-40-43-46-49-52-55-58-64(67)70-61-62(60-69-63(66)57-54-51-48-45-42-21-18-15-12-9-6-3)71-65(68)59-56-53-50-47-44-41-38-27-25-23-20-17-14-11-8-5-2/h15,18,27,38,62H,4-14,16-17,19-26,28-37,39-61H2,1-3H3/b18-15-,38-27-. The highest BCUT2D eigenvalue weighted by molar-refractivity contribution is 5.71. The van der Waals surface area contributed by atoms with Crippen LogP contribution in [0.4, 0.5) is 0 Å². The molecular weight excluding hydrogens is 877 g/mol. The summed E-state index contributed by atoms with van der Waals surface area (Å²) in [6, 6.07) is 0. The largest absolute Gasteiger partial charge is 0.462 e. The van der Waals surface area contributed by atoms with Gasteiger partial charge in [-0.25, -0.2) is 0 Å². The summed E-state index contributed by atoms with van der Waals surface area (Å²) in [5.74, 6) is -0.869. The van der Waals surface area contributed by atoms with Crippen LogP contribution in [0.25, 0.3) is 0 Å². The first-order valence-corrected chi connectivity index (χ1v) is 31.8. The Bertz CT molecular complexity index is 1150. The predicted molar refractivity (Wildman–Crippen MR) is 307 cm³/mol. The first-order valence-electron chi connectivity index (χ1n) is 31.8. The lowest BCUT2D eigenvalue weighted by atomic mass is 10.0. The average Bonchev–Trinajstić information content (AvgIpc) is 3.37. The minimum Gasteiger partial charge on any atom is -0.462 e. The van der Waals surface area contributed by atoms with Crippen molar-refractivity contribution in [1.29, 1.82) is 0 Å². The SMILES string of the molecule is CCCC/C=C\CCCCCCCC(=O)OCC(COC(=O)CCCCCCCCCCCCCCCCCCCCCCCCCCCC)OC(=O)CCCCCCC/C=C\CCCCCCCCC. The van der Waals surface area contributed by atoms with Crippen LogP contribution in [0.15, 0.2) is 24.3 Å². The molecule has 0 fully saturated rings. The van der Waals surface area contributed by atoms with Gasteiger partial charge in [0.05, 0.1) is 0 Å². The summed E-state index contributed by atoms with van der Waals surface area (Å²) in [7, 11) is 0. The van der Waals surface area contributed by atoms with Crippen LogP contribution in [0.3, 0.4) is 0 Å². The summed E-state index contributed by atoms with van der Waals surface area (Å²) >= 11 is 0. The number of unbranched alkanes of at least 4 members (excludes halogenated alkanes) is 44. The van der Waals surface area contributed by atoms with Gasteiger partial charge in [0.1, 0.15) is 13.2 Å². The lowest BCUT2D eigenvalue weighted by Crippen LogP contribution is -2.30. The molecule has 0 spiro atoms. The van der Waals surface area contributed by atoms with Crippen molar-refractivity contribution in [3.05, 3.63) is 24.3 Å². The van der Waals surface area contributed by atoms with E-state index in [-0.39, 0.29) is 31.1 Å². The van der Waals surface area contributed by atoms with E-state index in [0.717, 1.165) is 70.6 Å². The Balaban J connectivity index is 4.17. The molecule has 0 saturated heterocycles. The molecule has 6 heteroatoms. The number of rotatable bonds is 59. The van der Waals surface area contributed by atoms with Gasteiger partial charge in [-0.1, -0.05) is 295 Å². The predicted octanol–water partition coefficient (Wildman–Crippen LogP) is 21.4. The Kier molecular flexibility index (Phi) is 58.6. The molecule has 418 valence electrons. The normalized spacial score (nSPS) is 12.1. The second kappa shape index (κ2) is 60.4. The number of allylic oxidation sites excluding steroid dienone is 4. The molecule has 0 radical (unpaired) electrons. The Hall–Kier alpha value is -2.11. The lowest BCUT2D eigenvalue weighted by Gasteiger charge is -2.18. The maximum Gasteiger partial charge on any atom is 0.306 e. The van der Waals surface area contributed by atoms with Crippen LogP contribution in [0.2, 0.25) is 0 Å². The zero-order valence-corrected chi connectivity index (χ0v) is 48.0. The summed E-state index contributed by atoms with van der Waals surface area (Å²) in [6.45, 7) is 6.64. The van der Waals surface area contributed by atoms with E-state index < -0.39 is 6.10 Å². The van der Waals surface area contributed by atoms with Gasteiger partial charge in [0.2, 0.25) is 0 Å². The van der Waals surface area contributed by atoms with E-state index in [4.69, 9.17) is 14.2 Å². The number of carbonyl (C=O) groups is 3. The molecule has 71 heavy (non-hydrogen) atoms. The molecular formula is C65H122O6. The van der Waals surface area contributed by atoms with Crippen molar-refractivity contribution in [2.45, 2.75) is 361 Å². The Labute approximate surface area is 443 Å². The van der Waals surface area contributed by atoms with E-state index >= 15 is 0 Å². The Morgan fingerprint density at radius 1 is 0.268 bits per heavy atom. The van der Waals surface area contributed by atoms with Crippen molar-refractivity contribution in [2.24, 2.45) is 0 Å². The summed E-state index contributed by atoms with van der Waals surface area (Å²) in [5.41, 5.74) is 0. The molecule has 0 bridgehead atoms. The molecule has 0 aromatic carbocycles. The molecule has 0 rings (SSSR count). The molecule has 1 atom stereocenters. The summed E-state index contributed by atoms with van der Waals surface area (Å²) in [4.78, 5) is 38.2. The van der Waals surface area contributed by atoms with Crippen molar-refractivity contribution in [1.82, 2.24) is 0 Å². The van der Waals surface area contributed by atoms with Crippen molar-refractivity contribution < 1.29 is 28.6 Å². The van der Waals surface area contributed by atoms with Crippen LogP contribution in [0.5, 0.6) is 0 Å². The smallest absolute Gasteiger partial charge is 0.306 e. The van der Waals surface area contributed by atoms with E-state index in [2.05, 4.69) is 45.1 Å². The molecule has 0 saturated carbocycles. The molecule has 0 aliphatic heterocycles. The molecule has 0 aromatic heterocycles. The van der Waals surface area contributed by atoms with Crippen LogP contribution in [-0.4, -0.2) is 37.2 Å². The Morgan fingerprint density at radius 2 is 0.479 bits per heavy atom. The molecule has 0 N–H and O–H groups in total. The number of esters is 3. The number of ether oxygens (including phenoxy) is 3. The fraction of sp³-hybridized carbons (Fsp3) is 0.892. The van der Waals surface area contributed by atoms with Crippen LogP contribution in [-0.2, 0) is 28.6 Å². The molecule has 0 aliphatic carbocycles. The Morgan fingerprint density at radius 3 is 0.746 bits per heavy atom. The second-order valence-corrected chi connectivity index (χ2v) is 21.7. The van der Waals surface area contributed by atoms with Gasteiger partial charge in [0.25, 0.3) is 0 Å². The van der Waals surface area contributed by atoms with E-state index in [1.165, 1.54) is 244 Å². The van der Waals surface area contributed by atoms with E-state index in [9.17, 15) is 14.4 Å². The van der Waals surface area contributed by atoms with Crippen molar-refractivity contribution in [3.8, 4) is 0 Å². The van der Waals surface area contributed by atoms with Crippen molar-refractivity contribution >= 4 is 17.9 Å². The number of carbonyl (C=O) groups excluding carboxylic acids is 3. The third-order valence-corrected chi connectivity index (χ3v) is 14.4. The van der Waals surface area contributed by atoms with Crippen LogP contribution < -0.4 is 0 Å². The third-order valence-electron chi connectivity index (χ3n) is 14.4.